The number of tetrazole rings is 1. The van der Waals surface area contributed by atoms with E-state index in [1.54, 1.807) is 43.4 Å². The molecule has 1 N–H and O–H groups in total. The van der Waals surface area contributed by atoms with Crippen molar-refractivity contribution < 1.29 is 8.42 Å². The highest BCUT2D eigenvalue weighted by molar-refractivity contribution is 7.92. The molecule has 1 aromatic heterocycles. The predicted octanol–water partition coefficient (Wildman–Crippen LogP) is 2.33. The van der Waals surface area contributed by atoms with Crippen molar-refractivity contribution in [3.8, 4) is 11.4 Å². The van der Waals surface area contributed by atoms with Crippen LogP contribution < -0.4 is 4.72 Å². The molecular formula is C14H12ClN5O2S. The Morgan fingerprint density at radius 3 is 2.61 bits per heavy atom. The quantitative estimate of drug-likeness (QED) is 0.780. The molecular weight excluding hydrogens is 338 g/mol. The summed E-state index contributed by atoms with van der Waals surface area (Å²) in [5.41, 5.74) is 1.11. The van der Waals surface area contributed by atoms with Gasteiger partial charge in [0, 0.05) is 23.3 Å². The molecule has 23 heavy (non-hydrogen) atoms. The molecule has 7 nitrogen and oxygen atoms in total. The number of nitrogens with zero attached hydrogens (tertiary/aromatic N) is 4. The van der Waals surface area contributed by atoms with Gasteiger partial charge in [-0.25, -0.2) is 13.1 Å². The van der Waals surface area contributed by atoms with E-state index >= 15 is 0 Å². The lowest BCUT2D eigenvalue weighted by atomic mass is 10.2. The molecule has 118 valence electrons. The molecule has 2 aromatic carbocycles. The van der Waals surface area contributed by atoms with Crippen molar-refractivity contribution in [2.75, 3.05) is 4.72 Å². The van der Waals surface area contributed by atoms with E-state index in [-0.39, 0.29) is 4.90 Å². The van der Waals surface area contributed by atoms with Crippen LogP contribution in [0, 0.1) is 0 Å². The number of sulfonamides is 1. The summed E-state index contributed by atoms with van der Waals surface area (Å²) in [5.74, 6) is 0.536. The van der Waals surface area contributed by atoms with Crippen LogP contribution >= 0.6 is 11.6 Å². The molecule has 0 amide bonds. The largest absolute Gasteiger partial charge is 0.280 e. The van der Waals surface area contributed by atoms with E-state index in [9.17, 15) is 8.42 Å². The van der Waals surface area contributed by atoms with Gasteiger partial charge in [-0.3, -0.25) is 4.72 Å². The molecule has 0 bridgehead atoms. The second-order valence-electron chi connectivity index (χ2n) is 4.77. The van der Waals surface area contributed by atoms with Crippen LogP contribution in [0.4, 0.5) is 5.69 Å². The lowest BCUT2D eigenvalue weighted by Crippen LogP contribution is -2.13. The maximum atomic E-state index is 12.4. The summed E-state index contributed by atoms with van der Waals surface area (Å²) in [6.45, 7) is 0. The van der Waals surface area contributed by atoms with Crippen LogP contribution in [-0.4, -0.2) is 28.6 Å². The zero-order valence-electron chi connectivity index (χ0n) is 12.0. The molecule has 0 fully saturated rings. The second kappa shape index (κ2) is 5.98. The summed E-state index contributed by atoms with van der Waals surface area (Å²) in [6.07, 6.45) is 0. The average Bonchev–Trinajstić information content (AvgIpc) is 2.93. The van der Waals surface area contributed by atoms with E-state index in [0.717, 1.165) is 0 Å². The number of nitrogens with one attached hydrogen (secondary N) is 1. The highest BCUT2D eigenvalue weighted by Crippen LogP contribution is 2.23. The highest BCUT2D eigenvalue weighted by Gasteiger charge is 2.15. The molecule has 3 aromatic rings. The fourth-order valence-electron chi connectivity index (χ4n) is 2.04. The molecule has 0 aliphatic carbocycles. The molecule has 0 saturated carbocycles. The number of halogens is 1. The van der Waals surface area contributed by atoms with Crippen LogP contribution in [0.25, 0.3) is 11.4 Å². The van der Waals surface area contributed by atoms with Crippen molar-refractivity contribution >= 4 is 27.3 Å². The maximum Gasteiger partial charge on any atom is 0.261 e. The van der Waals surface area contributed by atoms with Crippen molar-refractivity contribution in [1.29, 1.82) is 0 Å². The number of aryl methyl sites for hydroxylation is 1. The fourth-order valence-corrected chi connectivity index (χ4v) is 3.39. The van der Waals surface area contributed by atoms with E-state index in [0.29, 0.717) is 22.1 Å². The first-order valence-electron chi connectivity index (χ1n) is 6.57. The van der Waals surface area contributed by atoms with E-state index in [1.807, 2.05) is 0 Å². The van der Waals surface area contributed by atoms with Gasteiger partial charge in [0.1, 0.15) is 0 Å². The third kappa shape index (κ3) is 3.33. The number of hydrogen-bond donors (Lipinski definition) is 1. The molecule has 0 atom stereocenters. The van der Waals surface area contributed by atoms with Gasteiger partial charge >= 0.3 is 0 Å². The predicted molar refractivity (Wildman–Crippen MR) is 86.5 cm³/mol. The van der Waals surface area contributed by atoms with Gasteiger partial charge in [-0.1, -0.05) is 29.8 Å². The Bertz CT molecular complexity index is 955. The van der Waals surface area contributed by atoms with Gasteiger partial charge in [-0.05, 0) is 40.8 Å². The summed E-state index contributed by atoms with van der Waals surface area (Å²) in [5, 5.41) is 11.6. The number of benzene rings is 2. The number of hydrogen-bond acceptors (Lipinski definition) is 5. The molecule has 9 heteroatoms. The van der Waals surface area contributed by atoms with Gasteiger partial charge in [-0.2, -0.15) is 0 Å². The van der Waals surface area contributed by atoms with Crippen LogP contribution in [0.1, 0.15) is 0 Å². The van der Waals surface area contributed by atoms with Gasteiger partial charge in [0.2, 0.25) is 0 Å². The number of aromatic nitrogens is 4. The smallest absolute Gasteiger partial charge is 0.261 e. The van der Waals surface area contributed by atoms with Crippen molar-refractivity contribution in [2.45, 2.75) is 4.90 Å². The monoisotopic (exact) mass is 349 g/mol. The first-order valence-corrected chi connectivity index (χ1v) is 8.43. The minimum absolute atomic E-state index is 0.0933. The Balaban J connectivity index is 1.93. The average molecular weight is 350 g/mol. The van der Waals surface area contributed by atoms with Gasteiger partial charge in [-0.15, -0.1) is 5.10 Å². The molecule has 0 radical (unpaired) electrons. The standard InChI is InChI=1S/C14H12ClN5O2S/c1-20-14(16-18-19-20)10-4-2-6-12(8-10)17-23(21,22)13-7-3-5-11(15)9-13/h2-9,17H,1H3. The number of rotatable bonds is 4. The highest BCUT2D eigenvalue weighted by atomic mass is 35.5. The van der Waals surface area contributed by atoms with Crippen LogP contribution in [0.15, 0.2) is 53.4 Å². The first-order chi connectivity index (χ1) is 11.0. The van der Waals surface area contributed by atoms with E-state index in [1.165, 1.54) is 16.8 Å². The molecule has 0 unspecified atom stereocenters. The summed E-state index contributed by atoms with van der Waals surface area (Å²) < 4.78 is 28.8. The topological polar surface area (TPSA) is 89.8 Å². The Hall–Kier alpha value is -2.45. The van der Waals surface area contributed by atoms with Gasteiger partial charge in [0.05, 0.1) is 4.90 Å². The fraction of sp³-hybridized carbons (Fsp3) is 0.0714. The van der Waals surface area contributed by atoms with E-state index in [4.69, 9.17) is 11.6 Å². The first kappa shape index (κ1) is 15.4. The summed E-state index contributed by atoms with van der Waals surface area (Å²) in [7, 11) is -2.02. The third-order valence-corrected chi connectivity index (χ3v) is 4.71. The SMILES string of the molecule is Cn1nnnc1-c1cccc(NS(=O)(=O)c2cccc(Cl)c2)c1. The summed E-state index contributed by atoms with van der Waals surface area (Å²) in [6, 6.07) is 12.9. The van der Waals surface area contributed by atoms with Crippen molar-refractivity contribution in [2.24, 2.45) is 7.05 Å². The number of anilines is 1. The van der Waals surface area contributed by atoms with E-state index in [2.05, 4.69) is 20.2 Å². The molecule has 3 rings (SSSR count). The van der Waals surface area contributed by atoms with Gasteiger partial charge in [0.15, 0.2) is 5.82 Å². The Morgan fingerprint density at radius 1 is 1.13 bits per heavy atom. The Labute approximate surface area is 138 Å². The zero-order chi connectivity index (χ0) is 16.4. The zero-order valence-corrected chi connectivity index (χ0v) is 13.6. The molecule has 0 aliphatic rings. The molecule has 0 aliphatic heterocycles. The van der Waals surface area contributed by atoms with Gasteiger partial charge in [0.25, 0.3) is 10.0 Å². The third-order valence-electron chi connectivity index (χ3n) is 3.10. The maximum absolute atomic E-state index is 12.4. The van der Waals surface area contributed by atoms with Crippen LogP contribution in [0.3, 0.4) is 0 Å². The van der Waals surface area contributed by atoms with E-state index < -0.39 is 10.0 Å². The minimum Gasteiger partial charge on any atom is -0.280 e. The second-order valence-corrected chi connectivity index (χ2v) is 6.89. The van der Waals surface area contributed by atoms with Gasteiger partial charge < -0.3 is 0 Å². The van der Waals surface area contributed by atoms with Crippen molar-refractivity contribution in [3.63, 3.8) is 0 Å². The lowest BCUT2D eigenvalue weighted by Gasteiger charge is -2.09. The Kier molecular flexibility index (Phi) is 4.01. The summed E-state index contributed by atoms with van der Waals surface area (Å²) in [4.78, 5) is 0.0933. The minimum atomic E-state index is -3.72. The molecule has 0 spiro atoms. The van der Waals surface area contributed by atoms with Crippen LogP contribution in [-0.2, 0) is 17.1 Å². The lowest BCUT2D eigenvalue weighted by molar-refractivity contribution is 0.601. The Morgan fingerprint density at radius 2 is 1.91 bits per heavy atom. The molecule has 0 saturated heterocycles. The van der Waals surface area contributed by atoms with Crippen LogP contribution in [0.2, 0.25) is 5.02 Å². The van der Waals surface area contributed by atoms with Crippen molar-refractivity contribution in [1.82, 2.24) is 20.2 Å². The normalized spacial score (nSPS) is 11.4. The molecule has 1 heterocycles. The van der Waals surface area contributed by atoms with Crippen LogP contribution in [0.5, 0.6) is 0 Å². The van der Waals surface area contributed by atoms with Crippen molar-refractivity contribution in [3.05, 3.63) is 53.6 Å². The summed E-state index contributed by atoms with van der Waals surface area (Å²) >= 11 is 5.85.